The number of Topliss-reactive ketones (excluding diaryl/α,β-unsaturated/α-hetero) is 1. The molecule has 0 amide bonds. The minimum atomic E-state index is -1.11. The molecule has 1 aliphatic heterocycles. The number of cyclic esters (lactones) is 1. The van der Waals surface area contributed by atoms with Gasteiger partial charge in [-0.3, -0.25) is 4.79 Å². The van der Waals surface area contributed by atoms with Gasteiger partial charge in [-0.25, -0.2) is 9.59 Å². The average molecular weight is 355 g/mol. The van der Waals surface area contributed by atoms with Gasteiger partial charge in [0.1, 0.15) is 5.60 Å². The average Bonchev–Trinajstić information content (AvgIpc) is 2.38. The minimum absolute atomic E-state index is 0.116. The zero-order valence-corrected chi connectivity index (χ0v) is 13.5. The molecule has 1 aliphatic rings. The van der Waals surface area contributed by atoms with Crippen molar-refractivity contribution in [2.24, 2.45) is 0 Å². The fourth-order valence-electron chi connectivity index (χ4n) is 2.46. The van der Waals surface area contributed by atoms with Crippen LogP contribution in [0, 0.1) is 0 Å². The molecule has 6 heteroatoms. The summed E-state index contributed by atoms with van der Waals surface area (Å²) in [6.45, 7) is 4.96. The third-order valence-electron chi connectivity index (χ3n) is 3.34. The molecular formula is C15H15BrO5. The number of carbonyl (C=O) groups excluding carboxylic acids is 3. The fourth-order valence-corrected chi connectivity index (χ4v) is 2.82. The number of halogens is 1. The summed E-state index contributed by atoms with van der Waals surface area (Å²) in [6, 6.07) is 4.96. The highest BCUT2D eigenvalue weighted by molar-refractivity contribution is 9.10. The Kier molecular flexibility index (Phi) is 4.18. The number of ether oxygens (including phenoxy) is 2. The molecule has 21 heavy (non-hydrogen) atoms. The van der Waals surface area contributed by atoms with E-state index in [1.165, 1.54) is 0 Å². The van der Waals surface area contributed by atoms with E-state index in [0.717, 1.165) is 0 Å². The lowest BCUT2D eigenvalue weighted by atomic mass is 9.77. The highest BCUT2D eigenvalue weighted by Gasteiger charge is 2.48. The number of ketones is 1. The predicted molar refractivity (Wildman–Crippen MR) is 78.0 cm³/mol. The van der Waals surface area contributed by atoms with Crippen LogP contribution < -0.4 is 0 Å². The van der Waals surface area contributed by atoms with Gasteiger partial charge in [-0.15, -0.1) is 0 Å². The van der Waals surface area contributed by atoms with Gasteiger partial charge >= 0.3 is 11.9 Å². The van der Waals surface area contributed by atoms with Gasteiger partial charge in [-0.05, 0) is 38.5 Å². The Morgan fingerprint density at radius 1 is 1.38 bits per heavy atom. The highest BCUT2D eigenvalue weighted by atomic mass is 79.9. The van der Waals surface area contributed by atoms with E-state index in [1.54, 1.807) is 39.0 Å². The lowest BCUT2D eigenvalue weighted by Gasteiger charge is -2.37. The van der Waals surface area contributed by atoms with Crippen LogP contribution in [0.2, 0.25) is 0 Å². The predicted octanol–water partition coefficient (Wildman–Crippen LogP) is 2.61. The molecule has 2 rings (SSSR count). The fraction of sp³-hybridized carbons (Fsp3) is 0.400. The normalized spacial score (nSPS) is 19.4. The molecule has 5 nitrogen and oxygen atoms in total. The standard InChI is InChI=1S/C15H15BrO5/c1-4-20-14(19)12(17)11-9-6-5-8(16)7-10(9)13(18)21-15(11,2)3/h5-7,11H,4H2,1-3H3. The number of hydrogen-bond acceptors (Lipinski definition) is 5. The monoisotopic (exact) mass is 354 g/mol. The lowest BCUT2D eigenvalue weighted by Crippen LogP contribution is -2.46. The molecule has 0 fully saturated rings. The topological polar surface area (TPSA) is 69.7 Å². The van der Waals surface area contributed by atoms with Gasteiger partial charge < -0.3 is 9.47 Å². The van der Waals surface area contributed by atoms with Crippen LogP contribution in [0.25, 0.3) is 0 Å². The summed E-state index contributed by atoms with van der Waals surface area (Å²) < 4.78 is 10.8. The molecule has 0 aliphatic carbocycles. The minimum Gasteiger partial charge on any atom is -0.460 e. The third-order valence-corrected chi connectivity index (χ3v) is 3.83. The Balaban J connectivity index is 2.53. The smallest absolute Gasteiger partial charge is 0.375 e. The second kappa shape index (κ2) is 5.60. The SMILES string of the molecule is CCOC(=O)C(=O)C1c2ccc(Br)cc2C(=O)OC1(C)C. The van der Waals surface area contributed by atoms with Crippen LogP contribution in [-0.4, -0.2) is 29.9 Å². The van der Waals surface area contributed by atoms with Crippen LogP contribution in [0.3, 0.4) is 0 Å². The largest absolute Gasteiger partial charge is 0.460 e. The molecule has 0 spiro atoms. The zero-order chi connectivity index (χ0) is 15.8. The molecule has 1 atom stereocenters. The molecule has 0 radical (unpaired) electrons. The van der Waals surface area contributed by atoms with Crippen molar-refractivity contribution in [1.82, 2.24) is 0 Å². The van der Waals surface area contributed by atoms with Crippen LogP contribution in [-0.2, 0) is 19.1 Å². The van der Waals surface area contributed by atoms with Crippen LogP contribution in [0.5, 0.6) is 0 Å². The van der Waals surface area contributed by atoms with Gasteiger partial charge in [-0.2, -0.15) is 0 Å². The second-order valence-electron chi connectivity index (χ2n) is 5.24. The van der Waals surface area contributed by atoms with Gasteiger partial charge in [0.05, 0.1) is 18.1 Å². The van der Waals surface area contributed by atoms with E-state index in [1.807, 2.05) is 0 Å². The van der Waals surface area contributed by atoms with E-state index in [9.17, 15) is 14.4 Å². The van der Waals surface area contributed by atoms with Gasteiger partial charge in [0.2, 0.25) is 0 Å². The van der Waals surface area contributed by atoms with Gasteiger partial charge in [0.15, 0.2) is 0 Å². The summed E-state index contributed by atoms with van der Waals surface area (Å²) in [5.74, 6) is -3.01. The molecule has 1 heterocycles. The summed E-state index contributed by atoms with van der Waals surface area (Å²) in [6.07, 6.45) is 0. The van der Waals surface area contributed by atoms with Crippen molar-refractivity contribution in [3.05, 3.63) is 33.8 Å². The second-order valence-corrected chi connectivity index (χ2v) is 6.16. The Labute approximate surface area is 130 Å². The number of carbonyl (C=O) groups is 3. The van der Waals surface area contributed by atoms with E-state index in [-0.39, 0.29) is 12.2 Å². The summed E-state index contributed by atoms with van der Waals surface area (Å²) in [5.41, 5.74) is -0.342. The highest BCUT2D eigenvalue weighted by Crippen LogP contribution is 2.40. The molecule has 0 bridgehead atoms. The summed E-state index contributed by atoms with van der Waals surface area (Å²) >= 11 is 3.27. The Morgan fingerprint density at radius 3 is 2.67 bits per heavy atom. The summed E-state index contributed by atoms with van der Waals surface area (Å²) in [4.78, 5) is 36.2. The first kappa shape index (κ1) is 15.7. The van der Waals surface area contributed by atoms with Crippen molar-refractivity contribution in [2.75, 3.05) is 6.61 Å². The van der Waals surface area contributed by atoms with Crippen molar-refractivity contribution >= 4 is 33.7 Å². The first-order valence-corrected chi connectivity index (χ1v) is 7.31. The molecule has 0 saturated heterocycles. The molecule has 1 aromatic carbocycles. The van der Waals surface area contributed by atoms with Gasteiger partial charge in [-0.1, -0.05) is 22.0 Å². The molecule has 1 unspecified atom stereocenters. The number of hydrogen-bond donors (Lipinski definition) is 0. The van der Waals surface area contributed by atoms with Crippen LogP contribution in [0.1, 0.15) is 42.6 Å². The molecular weight excluding hydrogens is 340 g/mol. The molecule has 1 aromatic rings. The maximum absolute atomic E-state index is 12.4. The van der Waals surface area contributed by atoms with Crippen molar-refractivity contribution in [1.29, 1.82) is 0 Å². The maximum Gasteiger partial charge on any atom is 0.375 e. The van der Waals surface area contributed by atoms with E-state index < -0.39 is 29.2 Å². The Morgan fingerprint density at radius 2 is 2.05 bits per heavy atom. The first-order valence-electron chi connectivity index (χ1n) is 6.51. The number of rotatable bonds is 3. The summed E-state index contributed by atoms with van der Waals surface area (Å²) in [7, 11) is 0. The van der Waals surface area contributed by atoms with E-state index >= 15 is 0 Å². The quantitative estimate of drug-likeness (QED) is 0.616. The molecule has 0 aromatic heterocycles. The van der Waals surface area contributed by atoms with E-state index in [4.69, 9.17) is 9.47 Å². The van der Waals surface area contributed by atoms with Crippen molar-refractivity contribution < 1.29 is 23.9 Å². The number of fused-ring (bicyclic) bond motifs is 1. The maximum atomic E-state index is 12.4. The van der Waals surface area contributed by atoms with Gasteiger partial charge in [0.25, 0.3) is 5.78 Å². The molecule has 0 saturated carbocycles. The number of esters is 2. The van der Waals surface area contributed by atoms with Crippen molar-refractivity contribution in [3.63, 3.8) is 0 Å². The molecule has 0 N–H and O–H groups in total. The van der Waals surface area contributed by atoms with Gasteiger partial charge in [0, 0.05) is 4.47 Å². The number of benzene rings is 1. The van der Waals surface area contributed by atoms with Crippen molar-refractivity contribution in [2.45, 2.75) is 32.3 Å². The van der Waals surface area contributed by atoms with E-state index in [0.29, 0.717) is 10.0 Å². The third kappa shape index (κ3) is 2.85. The zero-order valence-electron chi connectivity index (χ0n) is 11.9. The molecule has 112 valence electrons. The summed E-state index contributed by atoms with van der Waals surface area (Å²) in [5, 5.41) is 0. The van der Waals surface area contributed by atoms with Crippen molar-refractivity contribution in [3.8, 4) is 0 Å². The first-order chi connectivity index (χ1) is 9.77. The van der Waals surface area contributed by atoms with Crippen LogP contribution in [0.4, 0.5) is 0 Å². The van der Waals surface area contributed by atoms with Crippen LogP contribution >= 0.6 is 15.9 Å². The van der Waals surface area contributed by atoms with Crippen LogP contribution in [0.15, 0.2) is 22.7 Å². The Hall–Kier alpha value is -1.69. The Bertz CT molecular complexity index is 620. The van der Waals surface area contributed by atoms with E-state index in [2.05, 4.69) is 15.9 Å². The lowest BCUT2D eigenvalue weighted by molar-refractivity contribution is -0.157.